The van der Waals surface area contributed by atoms with E-state index in [0.717, 1.165) is 12.8 Å². The Bertz CT molecular complexity index is 450. The van der Waals surface area contributed by atoms with E-state index in [-0.39, 0.29) is 17.9 Å². The van der Waals surface area contributed by atoms with Crippen LogP contribution in [-0.2, 0) is 0 Å². The molecule has 0 atom stereocenters. The van der Waals surface area contributed by atoms with Crippen molar-refractivity contribution in [2.45, 2.75) is 26.7 Å². The average molecular weight is 300 g/mol. The molecule has 1 rings (SSSR count). The molecule has 0 aromatic heterocycles. The summed E-state index contributed by atoms with van der Waals surface area (Å²) in [6.45, 7) is 4.48. The van der Waals surface area contributed by atoms with E-state index in [9.17, 15) is 9.90 Å². The predicted octanol–water partition coefficient (Wildman–Crippen LogP) is 2.88. The molecule has 1 aromatic rings. The molecule has 1 amide bonds. The van der Waals surface area contributed by atoms with Crippen LogP contribution in [-0.4, -0.2) is 31.3 Å². The number of nitrogens with one attached hydrogen (secondary N) is 1. The number of hydrogen-bond acceptors (Lipinski definition) is 3. The molecule has 0 aliphatic rings. The molecule has 1 aromatic carbocycles. The van der Waals surface area contributed by atoms with Gasteiger partial charge in [0.15, 0.2) is 0 Å². The molecule has 0 heterocycles. The number of carbonyl (C=O) groups is 1. The minimum absolute atomic E-state index is 0.0486. The minimum atomic E-state index is -0.276. The van der Waals surface area contributed by atoms with Gasteiger partial charge in [0.25, 0.3) is 5.91 Å². The summed E-state index contributed by atoms with van der Waals surface area (Å²) in [5, 5.41) is 12.8. The SMILES string of the molecule is CCC(CC)(CO)CNC(=O)c1cc(Cl)ccc1OC. The van der Waals surface area contributed by atoms with E-state index in [1.54, 1.807) is 18.2 Å². The normalized spacial score (nSPS) is 11.2. The highest BCUT2D eigenvalue weighted by molar-refractivity contribution is 6.31. The van der Waals surface area contributed by atoms with Gasteiger partial charge in [-0.3, -0.25) is 4.79 Å². The van der Waals surface area contributed by atoms with Crippen LogP contribution < -0.4 is 10.1 Å². The summed E-state index contributed by atoms with van der Waals surface area (Å²) in [5.41, 5.74) is 0.126. The maximum Gasteiger partial charge on any atom is 0.255 e. The molecule has 0 aliphatic carbocycles. The largest absolute Gasteiger partial charge is 0.496 e. The molecule has 112 valence electrons. The first-order valence-corrected chi connectivity index (χ1v) is 7.12. The topological polar surface area (TPSA) is 58.6 Å². The maximum atomic E-state index is 12.2. The quantitative estimate of drug-likeness (QED) is 0.814. The van der Waals surface area contributed by atoms with Crippen LogP contribution in [0.3, 0.4) is 0 Å². The van der Waals surface area contributed by atoms with Crippen molar-refractivity contribution in [3.63, 3.8) is 0 Å². The molecule has 0 spiro atoms. The van der Waals surface area contributed by atoms with E-state index in [1.807, 2.05) is 13.8 Å². The van der Waals surface area contributed by atoms with Crippen LogP contribution in [0.25, 0.3) is 0 Å². The third kappa shape index (κ3) is 3.87. The van der Waals surface area contributed by atoms with E-state index < -0.39 is 0 Å². The van der Waals surface area contributed by atoms with Gasteiger partial charge in [-0.05, 0) is 31.0 Å². The van der Waals surface area contributed by atoms with E-state index in [1.165, 1.54) is 7.11 Å². The van der Waals surface area contributed by atoms with Crippen LogP contribution in [0.4, 0.5) is 0 Å². The minimum Gasteiger partial charge on any atom is -0.496 e. The van der Waals surface area contributed by atoms with E-state index in [4.69, 9.17) is 16.3 Å². The van der Waals surface area contributed by atoms with Gasteiger partial charge in [0, 0.05) is 17.0 Å². The number of hydrogen-bond donors (Lipinski definition) is 2. The molecule has 4 nitrogen and oxygen atoms in total. The highest BCUT2D eigenvalue weighted by Crippen LogP contribution is 2.26. The second kappa shape index (κ2) is 7.50. The van der Waals surface area contributed by atoms with Crippen LogP contribution in [0.5, 0.6) is 5.75 Å². The van der Waals surface area contributed by atoms with Gasteiger partial charge in [0.2, 0.25) is 0 Å². The molecule has 0 fully saturated rings. The molecule has 20 heavy (non-hydrogen) atoms. The van der Waals surface area contributed by atoms with Crippen molar-refractivity contribution in [2.75, 3.05) is 20.3 Å². The van der Waals surface area contributed by atoms with Crippen LogP contribution in [0.2, 0.25) is 5.02 Å². The lowest BCUT2D eigenvalue weighted by molar-refractivity contribution is 0.0848. The molecule has 0 saturated heterocycles. The van der Waals surface area contributed by atoms with Gasteiger partial charge in [-0.2, -0.15) is 0 Å². The lowest BCUT2D eigenvalue weighted by Gasteiger charge is -2.29. The highest BCUT2D eigenvalue weighted by Gasteiger charge is 2.26. The summed E-state index contributed by atoms with van der Waals surface area (Å²) in [5.74, 6) is 0.235. The van der Waals surface area contributed by atoms with Gasteiger partial charge < -0.3 is 15.2 Å². The number of halogens is 1. The van der Waals surface area contributed by atoms with Crippen molar-refractivity contribution in [1.82, 2.24) is 5.32 Å². The molecule has 0 saturated carbocycles. The summed E-state index contributed by atoms with van der Waals surface area (Å²) in [6.07, 6.45) is 1.60. The van der Waals surface area contributed by atoms with Crippen LogP contribution in [0, 0.1) is 5.41 Å². The summed E-state index contributed by atoms with van der Waals surface area (Å²) in [4.78, 5) is 12.2. The van der Waals surface area contributed by atoms with Gasteiger partial charge in [-0.25, -0.2) is 0 Å². The first-order chi connectivity index (χ1) is 9.51. The third-order valence-electron chi connectivity index (χ3n) is 3.87. The van der Waals surface area contributed by atoms with Gasteiger partial charge in [0.05, 0.1) is 19.3 Å². The zero-order chi connectivity index (χ0) is 15.2. The Kier molecular flexibility index (Phi) is 6.30. The van der Waals surface area contributed by atoms with Crippen molar-refractivity contribution >= 4 is 17.5 Å². The van der Waals surface area contributed by atoms with Gasteiger partial charge in [0.1, 0.15) is 5.75 Å². The lowest BCUT2D eigenvalue weighted by Crippen LogP contribution is -2.39. The average Bonchev–Trinajstić information content (AvgIpc) is 2.49. The van der Waals surface area contributed by atoms with Crippen molar-refractivity contribution in [3.8, 4) is 5.75 Å². The van der Waals surface area contributed by atoms with E-state index in [0.29, 0.717) is 22.9 Å². The monoisotopic (exact) mass is 299 g/mol. The smallest absolute Gasteiger partial charge is 0.255 e. The highest BCUT2D eigenvalue weighted by atomic mass is 35.5. The number of amides is 1. The lowest BCUT2D eigenvalue weighted by atomic mass is 9.83. The molecule has 0 bridgehead atoms. The second-order valence-electron chi connectivity index (χ2n) is 4.89. The fourth-order valence-electron chi connectivity index (χ4n) is 2.00. The molecule has 0 unspecified atom stereocenters. The van der Waals surface area contributed by atoms with E-state index in [2.05, 4.69) is 5.32 Å². The molecule has 2 N–H and O–H groups in total. The fraction of sp³-hybridized carbons (Fsp3) is 0.533. The first kappa shape index (κ1) is 16.8. The number of carbonyl (C=O) groups excluding carboxylic acids is 1. The molecular formula is C15H22ClNO3. The molecule has 5 heteroatoms. The Labute approximate surface area is 125 Å². The summed E-state index contributed by atoms with van der Waals surface area (Å²) in [6, 6.07) is 4.91. The summed E-state index contributed by atoms with van der Waals surface area (Å²) in [7, 11) is 1.51. The fourth-order valence-corrected chi connectivity index (χ4v) is 2.17. The Morgan fingerprint density at radius 2 is 2.05 bits per heavy atom. The zero-order valence-electron chi connectivity index (χ0n) is 12.2. The number of rotatable bonds is 7. The molecular weight excluding hydrogens is 278 g/mol. The molecule has 0 aliphatic heterocycles. The van der Waals surface area contributed by atoms with Crippen molar-refractivity contribution < 1.29 is 14.6 Å². The number of benzene rings is 1. The van der Waals surface area contributed by atoms with Crippen molar-refractivity contribution in [3.05, 3.63) is 28.8 Å². The second-order valence-corrected chi connectivity index (χ2v) is 5.33. The number of aliphatic hydroxyl groups is 1. The van der Waals surface area contributed by atoms with Crippen LogP contribution in [0.15, 0.2) is 18.2 Å². The number of aliphatic hydroxyl groups excluding tert-OH is 1. The number of ether oxygens (including phenoxy) is 1. The van der Waals surface area contributed by atoms with E-state index >= 15 is 0 Å². The van der Waals surface area contributed by atoms with Crippen molar-refractivity contribution in [1.29, 1.82) is 0 Å². The Morgan fingerprint density at radius 3 is 2.55 bits per heavy atom. The zero-order valence-corrected chi connectivity index (χ0v) is 13.0. The number of methoxy groups -OCH3 is 1. The summed E-state index contributed by atoms with van der Waals surface area (Å²) < 4.78 is 5.16. The standard InChI is InChI=1S/C15H22ClNO3/c1-4-15(5-2,10-18)9-17-14(19)12-8-11(16)6-7-13(12)20-3/h6-8,18H,4-5,9-10H2,1-3H3,(H,17,19). The Hall–Kier alpha value is -1.26. The van der Waals surface area contributed by atoms with Gasteiger partial charge >= 0.3 is 0 Å². The summed E-state index contributed by atoms with van der Waals surface area (Å²) >= 11 is 5.91. The Balaban J connectivity index is 2.84. The van der Waals surface area contributed by atoms with Crippen LogP contribution >= 0.6 is 11.6 Å². The van der Waals surface area contributed by atoms with Crippen LogP contribution in [0.1, 0.15) is 37.0 Å². The van der Waals surface area contributed by atoms with Crippen molar-refractivity contribution in [2.24, 2.45) is 5.41 Å². The Morgan fingerprint density at radius 1 is 1.40 bits per heavy atom. The first-order valence-electron chi connectivity index (χ1n) is 6.74. The molecule has 0 radical (unpaired) electrons. The maximum absolute atomic E-state index is 12.2. The predicted molar refractivity (Wildman–Crippen MR) is 80.4 cm³/mol. The van der Waals surface area contributed by atoms with Gasteiger partial charge in [-0.15, -0.1) is 0 Å². The van der Waals surface area contributed by atoms with Gasteiger partial charge in [-0.1, -0.05) is 25.4 Å². The third-order valence-corrected chi connectivity index (χ3v) is 4.10.